The molecule has 3 rings (SSSR count). The molecule has 0 aliphatic rings. The fourth-order valence-electron chi connectivity index (χ4n) is 2.43. The monoisotopic (exact) mass is 358 g/mol. The first-order valence-corrected chi connectivity index (χ1v) is 8.05. The van der Waals surface area contributed by atoms with Gasteiger partial charge in [0.05, 0.1) is 19.3 Å². The summed E-state index contributed by atoms with van der Waals surface area (Å²) in [7, 11) is 1.57. The normalized spacial score (nSPS) is 10.7. The molecule has 0 unspecified atom stereocenters. The third-order valence-corrected chi connectivity index (χ3v) is 4.10. The Morgan fingerprint density at radius 2 is 1.96 bits per heavy atom. The van der Waals surface area contributed by atoms with Gasteiger partial charge in [0.15, 0.2) is 5.69 Å². The number of hydrogen-bond donors (Lipinski definition) is 0. The lowest BCUT2D eigenvalue weighted by atomic mass is 10.2. The van der Waals surface area contributed by atoms with Crippen molar-refractivity contribution in [3.8, 4) is 0 Å². The third-order valence-electron chi connectivity index (χ3n) is 3.75. The fourth-order valence-corrected chi connectivity index (χ4v) is 2.65. The van der Waals surface area contributed by atoms with Crippen molar-refractivity contribution in [2.75, 3.05) is 7.05 Å². The Morgan fingerprint density at radius 3 is 2.68 bits per heavy atom. The predicted molar refractivity (Wildman–Crippen MR) is 92.8 cm³/mol. The van der Waals surface area contributed by atoms with E-state index in [1.54, 1.807) is 24.0 Å². The lowest BCUT2D eigenvalue weighted by Crippen LogP contribution is -2.27. The van der Waals surface area contributed by atoms with Gasteiger partial charge in [-0.2, -0.15) is 0 Å². The largest absolute Gasteiger partial charge is 0.336 e. The van der Waals surface area contributed by atoms with Crippen LogP contribution in [0.25, 0.3) is 0 Å². The van der Waals surface area contributed by atoms with Crippen LogP contribution in [-0.4, -0.2) is 32.8 Å². The number of nitrogens with zero attached hydrogens (tertiary/aromatic N) is 4. The van der Waals surface area contributed by atoms with Crippen molar-refractivity contribution >= 4 is 17.5 Å². The second-order valence-corrected chi connectivity index (χ2v) is 6.06. The molecule has 0 radical (unpaired) electrons. The first kappa shape index (κ1) is 17.1. The van der Waals surface area contributed by atoms with Gasteiger partial charge in [-0.3, -0.25) is 4.79 Å². The van der Waals surface area contributed by atoms with Crippen molar-refractivity contribution in [1.82, 2.24) is 19.9 Å². The molecular weight excluding hydrogens is 343 g/mol. The van der Waals surface area contributed by atoms with Crippen molar-refractivity contribution in [2.45, 2.75) is 13.1 Å². The SMILES string of the molecule is CN(Cc1c(F)cccc1Cl)C(=O)c1cn(Cc2ccccc2)nn1. The van der Waals surface area contributed by atoms with Crippen LogP contribution in [0.5, 0.6) is 0 Å². The van der Waals surface area contributed by atoms with Crippen LogP contribution in [0.4, 0.5) is 4.39 Å². The Balaban J connectivity index is 1.70. The summed E-state index contributed by atoms with van der Waals surface area (Å²) >= 11 is 6.01. The molecule has 0 fully saturated rings. The highest BCUT2D eigenvalue weighted by Crippen LogP contribution is 2.20. The smallest absolute Gasteiger partial charge is 0.276 e. The minimum atomic E-state index is -0.445. The first-order chi connectivity index (χ1) is 12.0. The summed E-state index contributed by atoms with van der Waals surface area (Å²) in [5.41, 5.74) is 1.53. The number of rotatable bonds is 5. The fraction of sp³-hybridized carbons (Fsp3) is 0.167. The van der Waals surface area contributed by atoms with E-state index in [0.717, 1.165) is 5.56 Å². The maximum absolute atomic E-state index is 13.9. The minimum Gasteiger partial charge on any atom is -0.336 e. The quantitative estimate of drug-likeness (QED) is 0.702. The molecule has 0 aliphatic carbocycles. The van der Waals surface area contributed by atoms with E-state index in [1.807, 2.05) is 30.3 Å². The van der Waals surface area contributed by atoms with Crippen LogP contribution in [0.1, 0.15) is 21.6 Å². The maximum atomic E-state index is 13.9. The minimum absolute atomic E-state index is 0.0515. The van der Waals surface area contributed by atoms with Gasteiger partial charge in [0, 0.05) is 17.6 Å². The molecule has 3 aromatic rings. The van der Waals surface area contributed by atoms with Gasteiger partial charge in [-0.25, -0.2) is 9.07 Å². The van der Waals surface area contributed by atoms with Crippen molar-refractivity contribution in [3.63, 3.8) is 0 Å². The molecule has 1 amide bonds. The summed E-state index contributed by atoms with van der Waals surface area (Å²) in [4.78, 5) is 13.8. The lowest BCUT2D eigenvalue weighted by Gasteiger charge is -2.17. The van der Waals surface area contributed by atoms with Crippen LogP contribution in [0.15, 0.2) is 54.7 Å². The van der Waals surface area contributed by atoms with Crippen LogP contribution < -0.4 is 0 Å². The van der Waals surface area contributed by atoms with E-state index in [9.17, 15) is 9.18 Å². The van der Waals surface area contributed by atoms with Gasteiger partial charge >= 0.3 is 0 Å². The highest BCUT2D eigenvalue weighted by molar-refractivity contribution is 6.31. The van der Waals surface area contributed by atoms with Gasteiger partial charge in [-0.05, 0) is 17.7 Å². The van der Waals surface area contributed by atoms with Crippen molar-refractivity contribution in [2.24, 2.45) is 0 Å². The van der Waals surface area contributed by atoms with E-state index >= 15 is 0 Å². The molecule has 0 saturated heterocycles. The zero-order valence-corrected chi connectivity index (χ0v) is 14.3. The van der Waals surface area contributed by atoms with Gasteiger partial charge in [-0.15, -0.1) is 5.10 Å². The summed E-state index contributed by atoms with van der Waals surface area (Å²) in [6.45, 7) is 0.569. The molecule has 0 bridgehead atoms. The molecule has 7 heteroatoms. The third kappa shape index (κ3) is 4.03. The summed E-state index contributed by atoms with van der Waals surface area (Å²) in [6.07, 6.45) is 1.58. The van der Waals surface area contributed by atoms with E-state index in [1.165, 1.54) is 17.0 Å². The molecule has 128 valence electrons. The van der Waals surface area contributed by atoms with Crippen LogP contribution in [0.2, 0.25) is 5.02 Å². The van der Waals surface area contributed by atoms with Crippen molar-refractivity contribution in [3.05, 3.63) is 82.4 Å². The first-order valence-electron chi connectivity index (χ1n) is 7.67. The highest BCUT2D eigenvalue weighted by Gasteiger charge is 2.18. The Bertz CT molecular complexity index is 862. The molecule has 1 aromatic heterocycles. The summed E-state index contributed by atoms with van der Waals surface area (Å²) in [5, 5.41) is 8.18. The van der Waals surface area contributed by atoms with Gasteiger partial charge in [0.1, 0.15) is 5.82 Å². The van der Waals surface area contributed by atoms with Crippen molar-refractivity contribution < 1.29 is 9.18 Å². The van der Waals surface area contributed by atoms with Gasteiger partial charge in [0.25, 0.3) is 5.91 Å². The number of carbonyl (C=O) groups excluding carboxylic acids is 1. The molecule has 0 spiro atoms. The maximum Gasteiger partial charge on any atom is 0.276 e. The van der Waals surface area contributed by atoms with Crippen LogP contribution in [0, 0.1) is 5.82 Å². The molecule has 0 atom stereocenters. The number of halogens is 2. The lowest BCUT2D eigenvalue weighted by molar-refractivity contribution is 0.0778. The Hall–Kier alpha value is -2.73. The van der Waals surface area contributed by atoms with E-state index in [2.05, 4.69) is 10.3 Å². The Labute approximate surface area is 149 Å². The van der Waals surface area contributed by atoms with Gasteiger partial charge in [-0.1, -0.05) is 53.2 Å². The van der Waals surface area contributed by atoms with Crippen molar-refractivity contribution in [1.29, 1.82) is 0 Å². The topological polar surface area (TPSA) is 51.0 Å². The molecule has 0 aliphatic heterocycles. The number of hydrogen-bond acceptors (Lipinski definition) is 3. The van der Waals surface area contributed by atoms with Gasteiger partial charge < -0.3 is 4.90 Å². The average Bonchev–Trinajstić information content (AvgIpc) is 3.07. The molecule has 5 nitrogen and oxygen atoms in total. The summed E-state index contributed by atoms with van der Waals surface area (Å²) in [6, 6.07) is 14.2. The molecule has 0 N–H and O–H groups in total. The van der Waals surface area contributed by atoms with E-state index in [0.29, 0.717) is 6.54 Å². The molecule has 2 aromatic carbocycles. The number of carbonyl (C=O) groups is 1. The summed E-state index contributed by atoms with van der Waals surface area (Å²) in [5.74, 6) is -0.793. The molecule has 0 saturated carbocycles. The second kappa shape index (κ2) is 7.44. The van der Waals surface area contributed by atoms with E-state index < -0.39 is 5.82 Å². The van der Waals surface area contributed by atoms with Gasteiger partial charge in [0.2, 0.25) is 0 Å². The Kier molecular flexibility index (Phi) is 5.09. The zero-order chi connectivity index (χ0) is 17.8. The molecule has 25 heavy (non-hydrogen) atoms. The predicted octanol–water partition coefficient (Wildman–Crippen LogP) is 3.39. The molecular formula is C18H16ClFN4O. The number of aromatic nitrogens is 3. The number of benzene rings is 2. The highest BCUT2D eigenvalue weighted by atomic mass is 35.5. The van der Waals surface area contributed by atoms with Crippen LogP contribution >= 0.6 is 11.6 Å². The van der Waals surface area contributed by atoms with E-state index in [-0.39, 0.29) is 28.7 Å². The zero-order valence-electron chi connectivity index (χ0n) is 13.6. The van der Waals surface area contributed by atoms with Crippen LogP contribution in [0.3, 0.4) is 0 Å². The second-order valence-electron chi connectivity index (χ2n) is 5.65. The molecule has 1 heterocycles. The van der Waals surface area contributed by atoms with E-state index in [4.69, 9.17) is 11.6 Å². The van der Waals surface area contributed by atoms with Crippen LogP contribution in [-0.2, 0) is 13.1 Å². The average molecular weight is 359 g/mol. The summed E-state index contributed by atoms with van der Waals surface area (Å²) < 4.78 is 15.5. The number of amides is 1. The standard InChI is InChI=1S/C18H16ClFN4O/c1-23(11-14-15(19)8-5-9-16(14)20)18(25)17-12-24(22-21-17)10-13-6-3-2-4-7-13/h2-9,12H,10-11H2,1H3. The Morgan fingerprint density at radius 1 is 1.20 bits per heavy atom.